The average molecular weight is 897 g/mol. The molecule has 12 heteroatoms. The molecule has 1 saturated carbocycles. The van der Waals surface area contributed by atoms with Gasteiger partial charge in [-0.25, -0.2) is 9.59 Å². The summed E-state index contributed by atoms with van der Waals surface area (Å²) in [5.74, 6) is -3.39. The molecule has 267 valence electrons. The zero-order chi connectivity index (χ0) is 35.8. The predicted octanol–water partition coefficient (Wildman–Crippen LogP) is 3.59. The molecule has 1 radical (unpaired) electrons. The molecular weight excluding hydrogens is 845 g/mol. The van der Waals surface area contributed by atoms with Gasteiger partial charge in [0.05, 0.1) is 24.3 Å². The minimum absolute atomic E-state index is 0. The molecule has 1 amide bonds. The fourth-order valence-corrected chi connectivity index (χ4v) is 7.90. The van der Waals surface area contributed by atoms with E-state index in [0.29, 0.717) is 24.0 Å². The Morgan fingerprint density at radius 3 is 2.22 bits per heavy atom. The van der Waals surface area contributed by atoms with Crippen molar-refractivity contribution in [3.05, 3.63) is 58.7 Å². The van der Waals surface area contributed by atoms with E-state index in [2.05, 4.69) is 5.32 Å². The molecule has 4 rings (SSSR count). The first kappa shape index (κ1) is 41.5. The normalized spacial score (nSPS) is 30.6. The Morgan fingerprint density at radius 1 is 1.06 bits per heavy atom. The Hall–Kier alpha value is -1.94. The third-order valence-corrected chi connectivity index (χ3v) is 10.6. The number of fused-ring (bicyclic) bond motifs is 1. The molecule has 11 nitrogen and oxygen atoms in total. The van der Waals surface area contributed by atoms with Crippen LogP contribution in [0.2, 0.25) is 0 Å². The molecule has 1 heterocycles. The van der Waals surface area contributed by atoms with Gasteiger partial charge in [0.25, 0.3) is 0 Å². The quantitative estimate of drug-likeness (QED) is 0.191. The van der Waals surface area contributed by atoms with Crippen molar-refractivity contribution in [3.63, 3.8) is 0 Å². The first-order chi connectivity index (χ1) is 22.3. The molecule has 0 aromatic heterocycles. The Morgan fingerprint density at radius 2 is 1.69 bits per heavy atom. The standard InChI is InChI=1S/C37H51NO10.Ac/c1-20(2)16-27(38-24(6)40)31(41)34(43)47-28-18-37(45,35(7,8)26(23(28)5)17-22(4)39)32(48-33(42)25-12-10-9-11-13-25)30-21(3)14-15-29-36(30,44)19-46-29;/h9-13,16,21,27-32,41,44-45H,14-15,17-19H2,1-8H3,(H,38,40);/t21-,27?,28?,29?,30?,31?,32?,36?,37?;/m0./s1. The van der Waals surface area contributed by atoms with E-state index in [1.54, 1.807) is 71.0 Å². The summed E-state index contributed by atoms with van der Waals surface area (Å²) in [7, 11) is 0. The van der Waals surface area contributed by atoms with Gasteiger partial charge in [0, 0.05) is 75.2 Å². The second-order valence-electron chi connectivity index (χ2n) is 14.7. The van der Waals surface area contributed by atoms with Crippen LogP contribution in [0.1, 0.15) is 91.4 Å². The van der Waals surface area contributed by atoms with Crippen LogP contribution >= 0.6 is 0 Å². The smallest absolute Gasteiger partial charge is 0.338 e. The molecule has 2 aliphatic carbocycles. The van der Waals surface area contributed by atoms with Crippen molar-refractivity contribution in [1.29, 1.82) is 0 Å². The number of nitrogens with one attached hydrogen (secondary N) is 1. The van der Waals surface area contributed by atoms with Crippen molar-refractivity contribution in [1.82, 2.24) is 5.32 Å². The number of aliphatic hydroxyl groups excluding tert-OH is 1. The maximum Gasteiger partial charge on any atom is 0.338 e. The number of carbonyl (C=O) groups is 4. The molecule has 0 bridgehead atoms. The molecule has 2 fully saturated rings. The topological polar surface area (TPSA) is 169 Å². The van der Waals surface area contributed by atoms with E-state index in [1.807, 2.05) is 6.92 Å². The number of rotatable bonds is 11. The number of Topliss-reactive ketones (excluding diaryl/α,β-unsaturated/α-hetero) is 1. The first-order valence-electron chi connectivity index (χ1n) is 16.7. The first-order valence-corrected chi connectivity index (χ1v) is 16.7. The van der Waals surface area contributed by atoms with Crippen LogP contribution in [0.4, 0.5) is 0 Å². The minimum Gasteiger partial charge on any atom is -0.456 e. The van der Waals surface area contributed by atoms with Gasteiger partial charge in [0.15, 0.2) is 6.10 Å². The van der Waals surface area contributed by atoms with Crippen LogP contribution in [0, 0.1) is 61.3 Å². The number of hydrogen-bond donors (Lipinski definition) is 4. The van der Waals surface area contributed by atoms with E-state index in [4.69, 9.17) is 14.2 Å². The summed E-state index contributed by atoms with van der Waals surface area (Å²) in [4.78, 5) is 51.9. The number of carbonyl (C=O) groups excluding carboxylic acids is 4. The van der Waals surface area contributed by atoms with Crippen LogP contribution in [0.25, 0.3) is 0 Å². The summed E-state index contributed by atoms with van der Waals surface area (Å²) in [6.07, 6.45) is -2.34. The Kier molecular flexibility index (Phi) is 13.7. The number of amides is 1. The van der Waals surface area contributed by atoms with E-state index < -0.39 is 70.8 Å². The van der Waals surface area contributed by atoms with Gasteiger partial charge in [-0.05, 0) is 64.2 Å². The van der Waals surface area contributed by atoms with Gasteiger partial charge in [-0.2, -0.15) is 0 Å². The van der Waals surface area contributed by atoms with Gasteiger partial charge in [0.2, 0.25) is 5.91 Å². The molecule has 1 aromatic carbocycles. The van der Waals surface area contributed by atoms with Gasteiger partial charge >= 0.3 is 11.9 Å². The maximum absolute atomic E-state index is 13.8. The fraction of sp³-hybridized carbons (Fsp3) is 0.622. The number of ketones is 1. The van der Waals surface area contributed by atoms with Crippen LogP contribution in [-0.2, 0) is 28.6 Å². The van der Waals surface area contributed by atoms with Gasteiger partial charge < -0.3 is 34.8 Å². The van der Waals surface area contributed by atoms with E-state index >= 15 is 0 Å². The largest absolute Gasteiger partial charge is 0.456 e. The minimum atomic E-state index is -1.99. The summed E-state index contributed by atoms with van der Waals surface area (Å²) < 4.78 is 18.0. The number of hydrogen-bond acceptors (Lipinski definition) is 10. The SMILES string of the molecule is CC(=O)CC1=C(C)C(OC(=O)C(O)C(C=C(C)C)NC(C)=O)CC(O)(C(OC(=O)c2ccccc2)C2[C@@H](C)CCC3OCC32O)C1(C)C.[Ac]. The van der Waals surface area contributed by atoms with Crippen molar-refractivity contribution in [2.45, 2.75) is 123 Å². The molecule has 3 aliphatic rings. The summed E-state index contributed by atoms with van der Waals surface area (Å²) in [6, 6.07) is 7.26. The second-order valence-corrected chi connectivity index (χ2v) is 14.7. The molecule has 1 saturated heterocycles. The summed E-state index contributed by atoms with van der Waals surface area (Å²) in [5.41, 5.74) is -2.60. The van der Waals surface area contributed by atoms with Gasteiger partial charge in [-0.15, -0.1) is 0 Å². The van der Waals surface area contributed by atoms with Gasteiger partial charge in [0.1, 0.15) is 29.2 Å². The molecule has 1 aliphatic heterocycles. The molecule has 9 atom stereocenters. The van der Waals surface area contributed by atoms with Crippen molar-refractivity contribution >= 4 is 23.6 Å². The van der Waals surface area contributed by atoms with Crippen molar-refractivity contribution in [2.24, 2.45) is 17.3 Å². The Labute approximate surface area is 324 Å². The molecule has 1 aromatic rings. The van der Waals surface area contributed by atoms with Crippen LogP contribution in [-0.4, -0.2) is 87.2 Å². The molecule has 4 N–H and O–H groups in total. The van der Waals surface area contributed by atoms with Crippen molar-refractivity contribution < 1.29 is 92.8 Å². The van der Waals surface area contributed by atoms with Gasteiger partial charge in [-0.1, -0.05) is 56.2 Å². The van der Waals surface area contributed by atoms with E-state index in [1.165, 1.54) is 13.8 Å². The van der Waals surface area contributed by atoms with Crippen molar-refractivity contribution in [3.8, 4) is 0 Å². The molecule has 49 heavy (non-hydrogen) atoms. The Balaban J connectivity index is 0.00000650. The number of allylic oxidation sites excluding steroid dienone is 1. The summed E-state index contributed by atoms with van der Waals surface area (Å²) >= 11 is 0. The zero-order valence-electron chi connectivity index (χ0n) is 29.8. The number of benzene rings is 1. The van der Waals surface area contributed by atoms with Crippen LogP contribution in [0.5, 0.6) is 0 Å². The van der Waals surface area contributed by atoms with Crippen LogP contribution in [0.3, 0.4) is 0 Å². The van der Waals surface area contributed by atoms with Crippen LogP contribution < -0.4 is 5.32 Å². The number of ether oxygens (including phenoxy) is 3. The third kappa shape index (κ3) is 8.42. The fourth-order valence-electron chi connectivity index (χ4n) is 7.90. The van der Waals surface area contributed by atoms with Crippen LogP contribution in [0.15, 0.2) is 53.1 Å². The van der Waals surface area contributed by atoms with E-state index in [-0.39, 0.29) is 80.8 Å². The van der Waals surface area contributed by atoms with E-state index in [9.17, 15) is 34.5 Å². The predicted molar refractivity (Wildman–Crippen MR) is 176 cm³/mol. The van der Waals surface area contributed by atoms with Gasteiger partial charge in [-0.3, -0.25) is 9.59 Å². The number of esters is 2. The third-order valence-electron chi connectivity index (χ3n) is 10.6. The zero-order valence-corrected chi connectivity index (χ0v) is 34.6. The summed E-state index contributed by atoms with van der Waals surface area (Å²) in [5, 5.41) is 38.8. The maximum atomic E-state index is 13.8. The molecular formula is C37H51AcNO10. The molecule has 8 unspecified atom stereocenters. The summed E-state index contributed by atoms with van der Waals surface area (Å²) in [6.45, 7) is 13.4. The number of aliphatic hydroxyl groups is 3. The molecule has 0 spiro atoms. The van der Waals surface area contributed by atoms with E-state index in [0.717, 1.165) is 5.57 Å². The van der Waals surface area contributed by atoms with Crippen molar-refractivity contribution in [2.75, 3.05) is 6.61 Å². The average Bonchev–Trinajstić information content (AvgIpc) is 2.99. The Bertz CT molecular complexity index is 1470. The second kappa shape index (κ2) is 16.2. The monoisotopic (exact) mass is 896 g/mol.